The summed E-state index contributed by atoms with van der Waals surface area (Å²) in [6.07, 6.45) is -1.17. The van der Waals surface area contributed by atoms with E-state index in [1.807, 2.05) is 18.2 Å². The molecular formula is C34H29F3N2O2. The number of aromatic nitrogens is 2. The van der Waals surface area contributed by atoms with Gasteiger partial charge in [-0.05, 0) is 68.9 Å². The fourth-order valence-electron chi connectivity index (χ4n) is 7.01. The van der Waals surface area contributed by atoms with Crippen LogP contribution in [0.4, 0.5) is 13.2 Å². The lowest BCUT2D eigenvalue weighted by Crippen LogP contribution is -2.46. The maximum Gasteiger partial charge on any atom is 0.416 e. The zero-order chi connectivity index (χ0) is 28.7. The minimum absolute atomic E-state index is 0.184. The third-order valence-electron chi connectivity index (χ3n) is 9.07. The minimum atomic E-state index is -4.46. The number of fused-ring (bicyclic) bond motifs is 9. The molecule has 208 valence electrons. The Balaban J connectivity index is 1.42. The number of nitrogens with zero attached hydrogens (tertiary/aromatic N) is 2. The number of carbonyl (C=O) groups excluding carboxylic acids is 1. The first-order valence-corrected chi connectivity index (χ1v) is 14.1. The summed E-state index contributed by atoms with van der Waals surface area (Å²) in [6.45, 7) is 6.68. The van der Waals surface area contributed by atoms with Crippen LogP contribution in [0.25, 0.3) is 32.8 Å². The average Bonchev–Trinajstić information content (AvgIpc) is 2.95. The third kappa shape index (κ3) is 4.16. The van der Waals surface area contributed by atoms with Gasteiger partial charge in [0.1, 0.15) is 11.4 Å². The highest BCUT2D eigenvalue weighted by Gasteiger charge is 2.47. The predicted molar refractivity (Wildman–Crippen MR) is 153 cm³/mol. The Morgan fingerprint density at radius 1 is 0.878 bits per heavy atom. The summed E-state index contributed by atoms with van der Waals surface area (Å²) in [6, 6.07) is 17.6. The molecule has 1 saturated carbocycles. The SMILES string of the molecule is CC1CCC2C(C1)c1c(c3ccccc3c3nc4ccc(C(=O)c5ccc(C(F)(F)F)cc5)cc4nc13)OC2(C)C. The van der Waals surface area contributed by atoms with Crippen molar-refractivity contribution in [2.75, 3.05) is 0 Å². The van der Waals surface area contributed by atoms with Crippen LogP contribution >= 0.6 is 0 Å². The number of hydrogen-bond donors (Lipinski definition) is 0. The molecule has 7 rings (SSSR count). The van der Waals surface area contributed by atoms with Crippen LogP contribution in [0.5, 0.6) is 5.75 Å². The summed E-state index contributed by atoms with van der Waals surface area (Å²) in [7, 11) is 0. The lowest BCUT2D eigenvalue weighted by atomic mass is 9.64. The van der Waals surface area contributed by atoms with Gasteiger partial charge in [0.15, 0.2) is 5.78 Å². The second-order valence-corrected chi connectivity index (χ2v) is 12.2. The van der Waals surface area contributed by atoms with Crippen LogP contribution in [0, 0.1) is 11.8 Å². The highest BCUT2D eigenvalue weighted by molar-refractivity contribution is 6.13. The summed E-state index contributed by atoms with van der Waals surface area (Å²) < 4.78 is 45.9. The van der Waals surface area contributed by atoms with Gasteiger partial charge in [-0.15, -0.1) is 0 Å². The molecule has 1 aliphatic heterocycles. The first-order chi connectivity index (χ1) is 19.5. The average molecular weight is 555 g/mol. The van der Waals surface area contributed by atoms with Gasteiger partial charge in [-0.2, -0.15) is 13.2 Å². The summed E-state index contributed by atoms with van der Waals surface area (Å²) in [5, 5.41) is 2.00. The molecule has 0 radical (unpaired) electrons. The molecule has 2 heterocycles. The van der Waals surface area contributed by atoms with E-state index < -0.39 is 11.7 Å². The Hall–Kier alpha value is -4.00. The summed E-state index contributed by atoms with van der Waals surface area (Å²) in [5.74, 6) is 1.71. The largest absolute Gasteiger partial charge is 0.487 e. The molecule has 0 saturated heterocycles. The zero-order valence-corrected chi connectivity index (χ0v) is 23.0. The third-order valence-corrected chi connectivity index (χ3v) is 9.07. The Labute approximate surface area is 235 Å². The summed E-state index contributed by atoms with van der Waals surface area (Å²) in [4.78, 5) is 23.5. The lowest BCUT2D eigenvalue weighted by molar-refractivity contribution is -0.137. The molecule has 3 atom stereocenters. The monoisotopic (exact) mass is 554 g/mol. The number of rotatable bonds is 2. The number of ether oxygens (including phenoxy) is 1. The standard InChI is InChI=1S/C34H29F3N2O2/c1-18-8-14-25-24(16-18)28-30-29(22-6-4-5-7-23(22)32(28)41-33(25,2)3)38-26-15-11-20(17-27(26)39-30)31(40)19-9-12-21(13-10-19)34(35,36)37/h4-7,9-13,15,17-18,24-25H,8,14,16H2,1-3H3. The van der Waals surface area contributed by atoms with E-state index >= 15 is 0 Å². The van der Waals surface area contributed by atoms with Crippen molar-refractivity contribution in [3.63, 3.8) is 0 Å². The smallest absolute Gasteiger partial charge is 0.416 e. The van der Waals surface area contributed by atoms with Gasteiger partial charge in [-0.3, -0.25) is 4.79 Å². The number of hydrogen-bond acceptors (Lipinski definition) is 4. The van der Waals surface area contributed by atoms with Crippen LogP contribution in [-0.4, -0.2) is 21.4 Å². The molecule has 0 amide bonds. The molecule has 41 heavy (non-hydrogen) atoms. The number of halogens is 3. The van der Waals surface area contributed by atoms with Crippen molar-refractivity contribution >= 4 is 38.6 Å². The predicted octanol–water partition coefficient (Wildman–Crippen LogP) is 8.88. The van der Waals surface area contributed by atoms with Crippen LogP contribution in [0.1, 0.15) is 73.0 Å². The van der Waals surface area contributed by atoms with E-state index in [9.17, 15) is 18.0 Å². The Morgan fingerprint density at radius 3 is 2.29 bits per heavy atom. The summed E-state index contributed by atoms with van der Waals surface area (Å²) >= 11 is 0. The normalized spacial score (nSPS) is 21.9. The van der Waals surface area contributed by atoms with Gasteiger partial charge >= 0.3 is 6.18 Å². The molecule has 7 heteroatoms. The van der Waals surface area contributed by atoms with Gasteiger partial charge in [0.05, 0.1) is 27.6 Å². The lowest BCUT2D eigenvalue weighted by Gasteiger charge is -2.49. The highest BCUT2D eigenvalue weighted by atomic mass is 19.4. The zero-order valence-electron chi connectivity index (χ0n) is 23.0. The number of benzene rings is 4. The number of alkyl halides is 3. The van der Waals surface area contributed by atoms with Crippen LogP contribution < -0.4 is 4.74 Å². The van der Waals surface area contributed by atoms with E-state index in [0.29, 0.717) is 28.4 Å². The van der Waals surface area contributed by atoms with Crippen molar-refractivity contribution in [2.45, 2.75) is 57.7 Å². The van der Waals surface area contributed by atoms with Gasteiger partial charge in [-0.25, -0.2) is 9.97 Å². The van der Waals surface area contributed by atoms with Gasteiger partial charge < -0.3 is 4.74 Å². The Morgan fingerprint density at radius 2 is 1.56 bits per heavy atom. The van der Waals surface area contributed by atoms with E-state index in [1.165, 1.54) is 18.6 Å². The Kier molecular flexibility index (Phi) is 5.69. The molecule has 2 aliphatic rings. The van der Waals surface area contributed by atoms with Crippen molar-refractivity contribution < 1.29 is 22.7 Å². The van der Waals surface area contributed by atoms with Crippen molar-refractivity contribution in [3.8, 4) is 5.75 Å². The van der Waals surface area contributed by atoms with E-state index in [0.717, 1.165) is 58.1 Å². The van der Waals surface area contributed by atoms with E-state index in [2.05, 4.69) is 26.8 Å². The molecule has 1 aliphatic carbocycles. The van der Waals surface area contributed by atoms with Crippen molar-refractivity contribution in [3.05, 3.63) is 89.0 Å². The van der Waals surface area contributed by atoms with Gasteiger partial charge in [0, 0.05) is 33.4 Å². The molecule has 0 bridgehead atoms. The van der Waals surface area contributed by atoms with E-state index in [1.54, 1.807) is 18.2 Å². The maximum absolute atomic E-state index is 13.3. The van der Waals surface area contributed by atoms with E-state index in [-0.39, 0.29) is 22.9 Å². The van der Waals surface area contributed by atoms with Crippen molar-refractivity contribution in [1.82, 2.24) is 9.97 Å². The van der Waals surface area contributed by atoms with Crippen LogP contribution in [-0.2, 0) is 6.18 Å². The molecule has 1 fully saturated rings. The molecule has 0 spiro atoms. The molecule has 1 aromatic heterocycles. The number of ketones is 1. The maximum atomic E-state index is 13.3. The number of carbonyl (C=O) groups is 1. The van der Waals surface area contributed by atoms with Crippen LogP contribution in [0.2, 0.25) is 0 Å². The molecule has 0 N–H and O–H groups in total. The molecule has 4 nitrogen and oxygen atoms in total. The first kappa shape index (κ1) is 25.9. The highest BCUT2D eigenvalue weighted by Crippen LogP contribution is 2.56. The summed E-state index contributed by atoms with van der Waals surface area (Å²) in [5.41, 5.74) is 3.35. The Bertz CT molecular complexity index is 1860. The van der Waals surface area contributed by atoms with Crippen LogP contribution in [0.3, 0.4) is 0 Å². The second kappa shape index (κ2) is 9.00. The van der Waals surface area contributed by atoms with Crippen molar-refractivity contribution in [2.24, 2.45) is 11.8 Å². The fraction of sp³-hybridized carbons (Fsp3) is 0.324. The van der Waals surface area contributed by atoms with Gasteiger partial charge in [0.2, 0.25) is 0 Å². The quantitative estimate of drug-likeness (QED) is 0.124. The van der Waals surface area contributed by atoms with E-state index in [4.69, 9.17) is 14.7 Å². The molecule has 4 aromatic carbocycles. The molecule has 3 unspecified atom stereocenters. The minimum Gasteiger partial charge on any atom is -0.487 e. The fourth-order valence-corrected chi connectivity index (χ4v) is 7.01. The first-order valence-electron chi connectivity index (χ1n) is 14.1. The topological polar surface area (TPSA) is 52.1 Å². The van der Waals surface area contributed by atoms with Gasteiger partial charge in [0.25, 0.3) is 0 Å². The van der Waals surface area contributed by atoms with Gasteiger partial charge in [-0.1, -0.05) is 49.7 Å². The van der Waals surface area contributed by atoms with Crippen LogP contribution in [0.15, 0.2) is 66.7 Å². The molecular weight excluding hydrogens is 525 g/mol. The van der Waals surface area contributed by atoms with Crippen molar-refractivity contribution in [1.29, 1.82) is 0 Å². The molecule has 5 aromatic rings. The second-order valence-electron chi connectivity index (χ2n) is 12.2.